The van der Waals surface area contributed by atoms with Crippen molar-refractivity contribution < 1.29 is 9.66 Å². The zero-order valence-corrected chi connectivity index (χ0v) is 14.1. The van der Waals surface area contributed by atoms with E-state index in [-0.39, 0.29) is 11.1 Å². The highest BCUT2D eigenvalue weighted by molar-refractivity contribution is 9.11. The van der Waals surface area contributed by atoms with Crippen LogP contribution in [0.25, 0.3) is 0 Å². The maximum absolute atomic E-state index is 10.7. The average molecular weight is 411 g/mol. The largest absolute Gasteiger partial charge is 0.491 e. The molecule has 0 aromatic heterocycles. The lowest BCUT2D eigenvalue weighted by molar-refractivity contribution is -0.385. The Morgan fingerprint density at radius 3 is 2.32 bits per heavy atom. The van der Waals surface area contributed by atoms with E-state index >= 15 is 0 Å². The van der Waals surface area contributed by atoms with Crippen molar-refractivity contribution in [1.29, 1.82) is 0 Å². The fourth-order valence-corrected chi connectivity index (χ4v) is 3.84. The molecular weight excluding hydrogens is 398 g/mol. The zero-order valence-electron chi connectivity index (χ0n) is 10.1. The Morgan fingerprint density at radius 1 is 1.37 bits per heavy atom. The molecule has 4 nitrogen and oxygen atoms in total. The lowest BCUT2D eigenvalue weighted by atomic mass is 9.71. The summed E-state index contributed by atoms with van der Waals surface area (Å²) < 4.78 is 7.01. The molecule has 0 heterocycles. The van der Waals surface area contributed by atoms with Gasteiger partial charge in [-0.05, 0) is 50.5 Å². The second-order valence-electron chi connectivity index (χ2n) is 4.80. The molecule has 0 atom stereocenters. The van der Waals surface area contributed by atoms with Crippen LogP contribution in [0.5, 0.6) is 5.75 Å². The fraction of sp³-hybridized carbons (Fsp3) is 0.500. The first-order chi connectivity index (χ1) is 8.97. The number of benzene rings is 1. The molecule has 1 saturated carbocycles. The van der Waals surface area contributed by atoms with E-state index < -0.39 is 4.92 Å². The van der Waals surface area contributed by atoms with Gasteiger partial charge in [0, 0.05) is 17.5 Å². The van der Waals surface area contributed by atoms with Crippen molar-refractivity contribution in [2.24, 2.45) is 5.41 Å². The molecule has 0 saturated heterocycles. The van der Waals surface area contributed by atoms with Gasteiger partial charge in [0.25, 0.3) is 5.69 Å². The van der Waals surface area contributed by atoms with Gasteiger partial charge in [0.05, 0.1) is 20.5 Å². The molecule has 0 N–H and O–H groups in total. The van der Waals surface area contributed by atoms with Crippen LogP contribution in [0.4, 0.5) is 5.69 Å². The first kappa shape index (κ1) is 15.1. The summed E-state index contributed by atoms with van der Waals surface area (Å²) in [5.74, 6) is 1.41. The lowest BCUT2D eigenvalue weighted by Gasteiger charge is -2.40. The van der Waals surface area contributed by atoms with Crippen LogP contribution < -0.4 is 4.74 Å². The monoisotopic (exact) mass is 409 g/mol. The Hall–Kier alpha value is -0.270. The third-order valence-corrected chi connectivity index (χ3v) is 5.32. The fourth-order valence-electron chi connectivity index (χ4n) is 2.04. The van der Waals surface area contributed by atoms with Gasteiger partial charge in [-0.15, -0.1) is 0 Å². The summed E-state index contributed by atoms with van der Waals surface area (Å²) in [6, 6.07) is 2.91. The Labute approximate surface area is 133 Å². The molecule has 1 aliphatic rings. The highest BCUT2D eigenvalue weighted by atomic mass is 79.9. The number of hydrogen-bond donors (Lipinski definition) is 1. The number of hydrogen-bond acceptors (Lipinski definition) is 4. The number of rotatable bonds is 5. The molecule has 1 aliphatic carbocycles. The molecule has 2 rings (SSSR count). The van der Waals surface area contributed by atoms with E-state index in [4.69, 9.17) is 4.74 Å². The minimum atomic E-state index is -0.430. The van der Waals surface area contributed by atoms with Crippen LogP contribution >= 0.6 is 44.5 Å². The number of thiol groups is 1. The van der Waals surface area contributed by atoms with E-state index in [0.29, 0.717) is 21.3 Å². The average Bonchev–Trinajstić information content (AvgIpc) is 2.30. The van der Waals surface area contributed by atoms with Gasteiger partial charge in [0.1, 0.15) is 5.75 Å². The summed E-state index contributed by atoms with van der Waals surface area (Å²) in [4.78, 5) is 10.3. The minimum absolute atomic E-state index is 0.0265. The summed E-state index contributed by atoms with van der Waals surface area (Å²) in [5.41, 5.74) is 0.183. The first-order valence-corrected chi connectivity index (χ1v) is 8.06. The summed E-state index contributed by atoms with van der Waals surface area (Å²) in [6.07, 6.45) is 3.46. The molecule has 7 heteroatoms. The van der Waals surface area contributed by atoms with Crippen LogP contribution in [0.15, 0.2) is 21.1 Å². The van der Waals surface area contributed by atoms with Crippen LogP contribution in [0.3, 0.4) is 0 Å². The van der Waals surface area contributed by atoms with E-state index in [9.17, 15) is 10.1 Å². The molecule has 0 unspecified atom stereocenters. The van der Waals surface area contributed by atoms with Crippen molar-refractivity contribution in [2.45, 2.75) is 19.3 Å². The van der Waals surface area contributed by atoms with Crippen molar-refractivity contribution in [2.75, 3.05) is 12.4 Å². The highest BCUT2D eigenvalue weighted by Gasteiger charge is 2.36. The van der Waals surface area contributed by atoms with Crippen molar-refractivity contribution in [3.8, 4) is 5.75 Å². The van der Waals surface area contributed by atoms with Gasteiger partial charge in [0.15, 0.2) is 0 Å². The van der Waals surface area contributed by atoms with Gasteiger partial charge < -0.3 is 4.74 Å². The zero-order chi connectivity index (χ0) is 14.0. The smallest absolute Gasteiger partial charge is 0.271 e. The van der Waals surface area contributed by atoms with Gasteiger partial charge in [-0.1, -0.05) is 6.42 Å². The van der Waals surface area contributed by atoms with Crippen LogP contribution in [0.1, 0.15) is 19.3 Å². The van der Waals surface area contributed by atoms with Crippen LogP contribution in [0, 0.1) is 15.5 Å². The van der Waals surface area contributed by atoms with Gasteiger partial charge >= 0.3 is 0 Å². The number of non-ortho nitro benzene ring substituents is 1. The topological polar surface area (TPSA) is 52.4 Å². The summed E-state index contributed by atoms with van der Waals surface area (Å²) in [5, 5.41) is 10.7. The molecule has 1 aromatic rings. The molecule has 19 heavy (non-hydrogen) atoms. The van der Waals surface area contributed by atoms with E-state index in [2.05, 4.69) is 44.5 Å². The third kappa shape index (κ3) is 3.25. The molecule has 0 amide bonds. The maximum atomic E-state index is 10.7. The second-order valence-corrected chi connectivity index (χ2v) is 6.82. The quantitative estimate of drug-likeness (QED) is 0.438. The maximum Gasteiger partial charge on any atom is 0.271 e. The molecule has 0 bridgehead atoms. The molecule has 1 fully saturated rings. The molecule has 0 spiro atoms. The molecule has 104 valence electrons. The standard InChI is InChI=1S/C12H13Br2NO3S/c13-9-4-8(15(16)17)5-10(14)11(9)18-6-12(7-19)2-1-3-12/h4-5,19H,1-3,6-7H2. The number of halogens is 2. The summed E-state index contributed by atoms with van der Waals surface area (Å²) >= 11 is 11.0. The van der Waals surface area contributed by atoms with E-state index in [0.717, 1.165) is 18.6 Å². The van der Waals surface area contributed by atoms with Crippen LogP contribution in [-0.4, -0.2) is 17.3 Å². The Bertz CT molecular complexity index is 477. The molecule has 1 aromatic carbocycles. The van der Waals surface area contributed by atoms with E-state index in [1.54, 1.807) is 0 Å². The molecule has 0 radical (unpaired) electrons. The summed E-state index contributed by atoms with van der Waals surface area (Å²) in [7, 11) is 0. The highest BCUT2D eigenvalue weighted by Crippen LogP contribution is 2.44. The van der Waals surface area contributed by atoms with Gasteiger partial charge in [-0.25, -0.2) is 0 Å². The van der Waals surface area contributed by atoms with E-state index in [1.165, 1.54) is 18.6 Å². The minimum Gasteiger partial charge on any atom is -0.491 e. The predicted octanol–water partition coefficient (Wildman–Crippen LogP) is 4.60. The van der Waals surface area contributed by atoms with Crippen molar-refractivity contribution in [1.82, 2.24) is 0 Å². The van der Waals surface area contributed by atoms with Gasteiger partial charge in [0.2, 0.25) is 0 Å². The number of ether oxygens (including phenoxy) is 1. The molecule has 0 aliphatic heterocycles. The Morgan fingerprint density at radius 2 is 1.95 bits per heavy atom. The van der Waals surface area contributed by atoms with E-state index in [1.807, 2.05) is 0 Å². The third-order valence-electron chi connectivity index (χ3n) is 3.47. The van der Waals surface area contributed by atoms with Crippen molar-refractivity contribution in [3.05, 3.63) is 31.2 Å². The van der Waals surface area contributed by atoms with Crippen molar-refractivity contribution >= 4 is 50.2 Å². The first-order valence-electron chi connectivity index (χ1n) is 5.84. The van der Waals surface area contributed by atoms with Crippen LogP contribution in [-0.2, 0) is 0 Å². The Balaban J connectivity index is 2.14. The lowest BCUT2D eigenvalue weighted by Crippen LogP contribution is -2.37. The van der Waals surface area contributed by atoms with Crippen LogP contribution in [0.2, 0.25) is 0 Å². The predicted molar refractivity (Wildman–Crippen MR) is 84.1 cm³/mol. The second kappa shape index (κ2) is 6.01. The number of nitro benzene ring substituents is 1. The Kier molecular flexibility index (Phi) is 4.79. The van der Waals surface area contributed by atoms with Gasteiger partial charge in [-0.2, -0.15) is 12.6 Å². The molecular formula is C12H13Br2NO3S. The summed E-state index contributed by atoms with van der Waals surface area (Å²) in [6.45, 7) is 0.589. The van der Waals surface area contributed by atoms with Gasteiger partial charge in [-0.3, -0.25) is 10.1 Å². The van der Waals surface area contributed by atoms with Crippen molar-refractivity contribution in [3.63, 3.8) is 0 Å². The number of nitro groups is 1. The normalized spacial score (nSPS) is 16.8. The number of nitrogens with zero attached hydrogens (tertiary/aromatic N) is 1. The SMILES string of the molecule is O=[N+]([O-])c1cc(Br)c(OCC2(CS)CCC2)c(Br)c1.